The minimum absolute atomic E-state index is 0.190. The van der Waals surface area contributed by atoms with Gasteiger partial charge in [0.1, 0.15) is 17.7 Å². The lowest BCUT2D eigenvalue weighted by molar-refractivity contribution is 0.0916. The number of nitrogens with zero attached hydrogens (tertiary/aromatic N) is 3. The normalized spacial score (nSPS) is 14.3. The van der Waals surface area contributed by atoms with E-state index in [2.05, 4.69) is 20.3 Å². The monoisotopic (exact) mass is 337 g/mol. The fourth-order valence-electron chi connectivity index (χ4n) is 2.81. The lowest BCUT2D eigenvalue weighted by Crippen LogP contribution is -2.39. The molecule has 3 N–H and O–H groups in total. The van der Waals surface area contributed by atoms with Crippen LogP contribution in [0, 0.1) is 5.82 Å². The van der Waals surface area contributed by atoms with Gasteiger partial charge in [0.25, 0.3) is 5.91 Å². The summed E-state index contributed by atoms with van der Waals surface area (Å²) in [4.78, 5) is 24.8. The second-order valence-corrected chi connectivity index (χ2v) is 6.15. The maximum atomic E-state index is 14.0. The van der Waals surface area contributed by atoms with Crippen molar-refractivity contribution in [1.29, 1.82) is 0 Å². The molecule has 126 valence electrons. The van der Waals surface area contributed by atoms with Crippen LogP contribution in [0.1, 0.15) is 29.6 Å². The van der Waals surface area contributed by atoms with Gasteiger partial charge in [-0.2, -0.15) is 0 Å². The summed E-state index contributed by atoms with van der Waals surface area (Å²) >= 11 is 0. The molecule has 0 saturated heterocycles. The van der Waals surface area contributed by atoms with Gasteiger partial charge in [0.15, 0.2) is 5.82 Å². The number of halogens is 1. The quantitative estimate of drug-likeness (QED) is 0.766. The molecule has 1 fully saturated rings. The first-order valence-electron chi connectivity index (χ1n) is 8.09. The van der Waals surface area contributed by atoms with Crippen molar-refractivity contribution < 1.29 is 9.18 Å². The molecule has 0 unspecified atom stereocenters. The molecule has 0 atom stereocenters. The summed E-state index contributed by atoms with van der Waals surface area (Å²) in [5.41, 5.74) is 8.18. The number of aromatic nitrogens is 3. The van der Waals surface area contributed by atoms with Gasteiger partial charge in [-0.05, 0) is 49.6 Å². The van der Waals surface area contributed by atoms with Gasteiger partial charge in [-0.15, -0.1) is 0 Å². The fraction of sp³-hybridized carbons (Fsp3) is 0.222. The van der Waals surface area contributed by atoms with Gasteiger partial charge in [-0.3, -0.25) is 4.79 Å². The number of pyridine rings is 1. The molecule has 3 aromatic rings. The zero-order valence-electron chi connectivity index (χ0n) is 13.4. The van der Waals surface area contributed by atoms with Crippen molar-refractivity contribution >= 4 is 22.8 Å². The highest BCUT2D eigenvalue weighted by Crippen LogP contribution is 2.25. The van der Waals surface area contributed by atoms with E-state index in [1.807, 2.05) is 0 Å². The molecular weight excluding hydrogens is 321 g/mol. The Morgan fingerprint density at radius 1 is 1.20 bits per heavy atom. The number of fused-ring (bicyclic) bond motifs is 1. The van der Waals surface area contributed by atoms with E-state index in [1.54, 1.807) is 18.2 Å². The van der Waals surface area contributed by atoms with Crippen molar-refractivity contribution in [2.45, 2.75) is 25.3 Å². The molecule has 6 nitrogen and oxygen atoms in total. The average molecular weight is 337 g/mol. The Kier molecular flexibility index (Phi) is 3.76. The highest BCUT2D eigenvalue weighted by molar-refractivity contribution is 5.96. The zero-order chi connectivity index (χ0) is 17.4. The van der Waals surface area contributed by atoms with Crippen molar-refractivity contribution in [2.24, 2.45) is 0 Å². The van der Waals surface area contributed by atoms with E-state index in [1.165, 1.54) is 18.5 Å². The smallest absolute Gasteiger partial charge is 0.251 e. The lowest BCUT2D eigenvalue weighted by Gasteiger charge is -2.26. The zero-order valence-corrected chi connectivity index (χ0v) is 13.4. The van der Waals surface area contributed by atoms with Crippen LogP contribution in [0.3, 0.4) is 0 Å². The van der Waals surface area contributed by atoms with E-state index in [-0.39, 0.29) is 23.3 Å². The highest BCUT2D eigenvalue weighted by Gasteiger charge is 2.21. The Balaban J connectivity index is 1.72. The second kappa shape index (κ2) is 6.08. The van der Waals surface area contributed by atoms with Crippen LogP contribution in [0.15, 0.2) is 36.7 Å². The third kappa shape index (κ3) is 3.00. The van der Waals surface area contributed by atoms with E-state index >= 15 is 0 Å². The van der Waals surface area contributed by atoms with Crippen molar-refractivity contribution in [3.05, 3.63) is 48.0 Å². The number of rotatable bonds is 3. The number of nitrogen functional groups attached to an aromatic ring is 1. The van der Waals surface area contributed by atoms with E-state index in [0.29, 0.717) is 22.3 Å². The van der Waals surface area contributed by atoms with Gasteiger partial charge in [0.2, 0.25) is 0 Å². The molecule has 0 aliphatic heterocycles. The molecule has 1 aliphatic carbocycles. The van der Waals surface area contributed by atoms with Crippen LogP contribution in [0.25, 0.3) is 22.3 Å². The van der Waals surface area contributed by atoms with Crippen molar-refractivity contribution in [1.82, 2.24) is 20.3 Å². The molecule has 1 aromatic carbocycles. The summed E-state index contributed by atoms with van der Waals surface area (Å²) in [5.74, 6) is -0.504. The first-order chi connectivity index (χ1) is 12.1. The summed E-state index contributed by atoms with van der Waals surface area (Å²) in [6.45, 7) is 0. The van der Waals surface area contributed by atoms with Crippen LogP contribution in [0.2, 0.25) is 0 Å². The van der Waals surface area contributed by atoms with Gasteiger partial charge >= 0.3 is 0 Å². The minimum atomic E-state index is -0.490. The predicted molar refractivity (Wildman–Crippen MR) is 92.2 cm³/mol. The van der Waals surface area contributed by atoms with Crippen molar-refractivity contribution in [2.75, 3.05) is 5.73 Å². The summed E-state index contributed by atoms with van der Waals surface area (Å²) in [6.07, 6.45) is 4.42. The molecule has 7 heteroatoms. The highest BCUT2D eigenvalue weighted by atomic mass is 19.1. The van der Waals surface area contributed by atoms with Crippen LogP contribution in [-0.4, -0.2) is 26.9 Å². The summed E-state index contributed by atoms with van der Waals surface area (Å²) in [6, 6.07) is 7.86. The number of anilines is 1. The number of carbonyl (C=O) groups excluding carboxylic acids is 1. The van der Waals surface area contributed by atoms with Crippen LogP contribution in [-0.2, 0) is 0 Å². The van der Waals surface area contributed by atoms with Crippen molar-refractivity contribution in [3.63, 3.8) is 0 Å². The lowest BCUT2D eigenvalue weighted by atomic mass is 9.93. The van der Waals surface area contributed by atoms with E-state index < -0.39 is 5.82 Å². The van der Waals surface area contributed by atoms with E-state index in [9.17, 15) is 9.18 Å². The molecule has 1 amide bonds. The molecule has 2 aromatic heterocycles. The Morgan fingerprint density at radius 3 is 2.80 bits per heavy atom. The minimum Gasteiger partial charge on any atom is -0.382 e. The summed E-state index contributed by atoms with van der Waals surface area (Å²) in [5, 5.41) is 2.91. The van der Waals surface area contributed by atoms with Crippen LogP contribution >= 0.6 is 0 Å². The second-order valence-electron chi connectivity index (χ2n) is 6.15. The molecule has 0 bridgehead atoms. The van der Waals surface area contributed by atoms with Gasteiger partial charge in [0.05, 0.1) is 11.2 Å². The largest absolute Gasteiger partial charge is 0.382 e. The number of nitrogens with one attached hydrogen (secondary N) is 1. The predicted octanol–water partition coefficient (Wildman–Crippen LogP) is 2.70. The number of nitrogens with two attached hydrogens (primary N) is 1. The molecular formula is C18H16FN5O. The Labute approximate surface area is 143 Å². The van der Waals surface area contributed by atoms with Crippen LogP contribution in [0.4, 0.5) is 10.2 Å². The first kappa shape index (κ1) is 15.4. The van der Waals surface area contributed by atoms with Gasteiger partial charge < -0.3 is 11.1 Å². The first-order valence-corrected chi connectivity index (χ1v) is 8.09. The fourth-order valence-corrected chi connectivity index (χ4v) is 2.81. The van der Waals surface area contributed by atoms with E-state index in [4.69, 9.17) is 5.73 Å². The SMILES string of the molecule is Nc1ncnc2ccc(-c3cc(F)cc(C(=O)NC4CCC4)c3)nc12. The van der Waals surface area contributed by atoms with Gasteiger partial charge in [-0.25, -0.2) is 19.3 Å². The van der Waals surface area contributed by atoms with Crippen LogP contribution < -0.4 is 11.1 Å². The number of carbonyl (C=O) groups is 1. The molecule has 2 heterocycles. The third-order valence-corrected chi connectivity index (χ3v) is 4.41. The van der Waals surface area contributed by atoms with Gasteiger partial charge in [-0.1, -0.05) is 0 Å². The third-order valence-electron chi connectivity index (χ3n) is 4.41. The molecule has 25 heavy (non-hydrogen) atoms. The molecule has 0 spiro atoms. The van der Waals surface area contributed by atoms with Crippen LogP contribution in [0.5, 0.6) is 0 Å². The Morgan fingerprint density at radius 2 is 2.04 bits per heavy atom. The summed E-state index contributed by atoms with van der Waals surface area (Å²) in [7, 11) is 0. The average Bonchev–Trinajstić information content (AvgIpc) is 2.57. The maximum absolute atomic E-state index is 14.0. The summed E-state index contributed by atoms with van der Waals surface area (Å²) < 4.78 is 14.0. The Bertz CT molecular complexity index is 971. The standard InChI is InChI=1S/C18H16FN5O/c19-12-7-10(6-11(8-12)18(25)23-13-2-1-3-13)14-4-5-15-16(24-14)17(20)22-9-21-15/h4-9,13H,1-3H2,(H,23,25)(H2,20,21,22). The number of hydrogen-bond donors (Lipinski definition) is 2. The maximum Gasteiger partial charge on any atom is 0.251 e. The van der Waals surface area contributed by atoms with E-state index in [0.717, 1.165) is 19.3 Å². The molecule has 1 aliphatic rings. The van der Waals surface area contributed by atoms with Gasteiger partial charge in [0, 0.05) is 17.2 Å². The number of benzene rings is 1. The Hall–Kier alpha value is -3.09. The topological polar surface area (TPSA) is 93.8 Å². The molecule has 0 radical (unpaired) electrons. The molecule has 1 saturated carbocycles. The number of amides is 1. The number of hydrogen-bond acceptors (Lipinski definition) is 5. The van der Waals surface area contributed by atoms with Crippen molar-refractivity contribution in [3.8, 4) is 11.3 Å². The molecule has 4 rings (SSSR count).